The van der Waals surface area contributed by atoms with Crippen molar-refractivity contribution in [3.05, 3.63) is 72.3 Å². The third-order valence-corrected chi connectivity index (χ3v) is 4.91. The van der Waals surface area contributed by atoms with E-state index in [4.69, 9.17) is 9.47 Å². The number of hydrogen-bond acceptors (Lipinski definition) is 4. The van der Waals surface area contributed by atoms with E-state index < -0.39 is 17.0 Å². The Bertz CT molecular complexity index is 912. The van der Waals surface area contributed by atoms with E-state index in [0.29, 0.717) is 23.5 Å². The molecule has 0 aliphatic carbocycles. The van der Waals surface area contributed by atoms with Gasteiger partial charge in [-0.3, -0.25) is 9.59 Å². The molecule has 3 rings (SSSR count). The molecule has 1 fully saturated rings. The predicted molar refractivity (Wildman–Crippen MR) is 113 cm³/mol. The molecule has 0 saturated carbocycles. The van der Waals surface area contributed by atoms with Gasteiger partial charge in [-0.2, -0.15) is 0 Å². The molecule has 1 aliphatic rings. The van der Waals surface area contributed by atoms with Crippen LogP contribution < -0.4 is 9.64 Å². The van der Waals surface area contributed by atoms with Crippen molar-refractivity contribution in [3.63, 3.8) is 0 Å². The van der Waals surface area contributed by atoms with E-state index in [0.717, 1.165) is 5.57 Å². The maximum atomic E-state index is 13.8. The fourth-order valence-electron chi connectivity index (χ4n) is 3.59. The van der Waals surface area contributed by atoms with Crippen molar-refractivity contribution in [1.82, 2.24) is 0 Å². The molecule has 1 atom stereocenters. The fraction of sp³-hybridized carbons (Fsp3) is 0.333. The molecular formula is C24H27NO4. The standard InChI is InChI=1S/C24H27NO4/c1-17-15-24(18-9-7-6-8-10-18,22(27)29-23(2,3)4)21(26)25(16-17)19-11-13-20(28-5)14-12-19/h6-14H,1,15-16H2,2-5H3/t24-/m0/s1. The number of methoxy groups -OCH3 is 1. The summed E-state index contributed by atoms with van der Waals surface area (Å²) in [5, 5.41) is 0. The maximum absolute atomic E-state index is 13.8. The number of benzene rings is 2. The molecule has 2 aromatic rings. The first-order valence-electron chi connectivity index (χ1n) is 9.59. The van der Waals surface area contributed by atoms with Gasteiger partial charge in [0, 0.05) is 12.2 Å². The Morgan fingerprint density at radius 3 is 2.24 bits per heavy atom. The number of hydrogen-bond donors (Lipinski definition) is 0. The minimum Gasteiger partial charge on any atom is -0.497 e. The minimum atomic E-state index is -1.47. The average Bonchev–Trinajstić information content (AvgIpc) is 2.69. The number of anilines is 1. The van der Waals surface area contributed by atoms with E-state index >= 15 is 0 Å². The van der Waals surface area contributed by atoms with Crippen molar-refractivity contribution < 1.29 is 19.1 Å². The summed E-state index contributed by atoms with van der Waals surface area (Å²) in [6.45, 7) is 9.88. The maximum Gasteiger partial charge on any atom is 0.327 e. The Morgan fingerprint density at radius 1 is 1.07 bits per heavy atom. The summed E-state index contributed by atoms with van der Waals surface area (Å²) in [6, 6.07) is 16.3. The number of rotatable bonds is 4. The van der Waals surface area contributed by atoms with Crippen molar-refractivity contribution in [3.8, 4) is 5.75 Å². The predicted octanol–water partition coefficient (Wildman–Crippen LogP) is 4.27. The molecule has 2 aromatic carbocycles. The molecular weight excluding hydrogens is 366 g/mol. The summed E-state index contributed by atoms with van der Waals surface area (Å²) >= 11 is 0. The highest BCUT2D eigenvalue weighted by molar-refractivity contribution is 6.16. The molecule has 0 bridgehead atoms. The second-order valence-electron chi connectivity index (χ2n) is 8.29. The summed E-state index contributed by atoms with van der Waals surface area (Å²) in [5.41, 5.74) is -0.110. The van der Waals surface area contributed by atoms with Crippen molar-refractivity contribution in [2.45, 2.75) is 38.2 Å². The van der Waals surface area contributed by atoms with Gasteiger partial charge in [-0.15, -0.1) is 0 Å². The number of carbonyl (C=O) groups excluding carboxylic acids is 2. The highest BCUT2D eigenvalue weighted by Crippen LogP contribution is 2.41. The Labute approximate surface area is 171 Å². The lowest BCUT2D eigenvalue weighted by Gasteiger charge is -2.42. The van der Waals surface area contributed by atoms with Crippen LogP contribution in [0.2, 0.25) is 0 Å². The Balaban J connectivity index is 2.12. The van der Waals surface area contributed by atoms with Gasteiger partial charge in [0.15, 0.2) is 5.41 Å². The van der Waals surface area contributed by atoms with E-state index in [1.165, 1.54) is 0 Å². The van der Waals surface area contributed by atoms with Crippen LogP contribution in [0.5, 0.6) is 5.75 Å². The van der Waals surface area contributed by atoms with Gasteiger partial charge >= 0.3 is 5.97 Å². The highest BCUT2D eigenvalue weighted by Gasteiger charge is 2.54. The topological polar surface area (TPSA) is 55.8 Å². The van der Waals surface area contributed by atoms with E-state index in [-0.39, 0.29) is 12.3 Å². The van der Waals surface area contributed by atoms with Crippen molar-refractivity contribution in [1.29, 1.82) is 0 Å². The van der Waals surface area contributed by atoms with E-state index in [2.05, 4.69) is 6.58 Å². The normalized spacial score (nSPS) is 19.8. The van der Waals surface area contributed by atoms with Gasteiger partial charge in [-0.1, -0.05) is 42.5 Å². The monoisotopic (exact) mass is 393 g/mol. The number of carbonyl (C=O) groups is 2. The zero-order chi connectivity index (χ0) is 21.2. The van der Waals surface area contributed by atoms with Crippen LogP contribution in [0.3, 0.4) is 0 Å². The first-order valence-corrected chi connectivity index (χ1v) is 9.59. The zero-order valence-corrected chi connectivity index (χ0v) is 17.4. The van der Waals surface area contributed by atoms with Crippen LogP contribution in [0.25, 0.3) is 0 Å². The summed E-state index contributed by atoms with van der Waals surface area (Å²) in [5.74, 6) is -0.172. The van der Waals surface area contributed by atoms with Gasteiger partial charge < -0.3 is 14.4 Å². The third-order valence-electron chi connectivity index (χ3n) is 4.91. The summed E-state index contributed by atoms with van der Waals surface area (Å²) in [7, 11) is 1.59. The number of esters is 1. The van der Waals surface area contributed by atoms with Crippen molar-refractivity contribution in [2.24, 2.45) is 0 Å². The molecule has 0 unspecified atom stereocenters. The van der Waals surface area contributed by atoms with E-state index in [9.17, 15) is 9.59 Å². The summed E-state index contributed by atoms with van der Waals surface area (Å²) in [4.78, 5) is 28.9. The average molecular weight is 393 g/mol. The number of piperidine rings is 1. The smallest absolute Gasteiger partial charge is 0.327 e. The van der Waals surface area contributed by atoms with Crippen LogP contribution in [-0.4, -0.2) is 31.1 Å². The lowest BCUT2D eigenvalue weighted by Crippen LogP contribution is -2.58. The van der Waals surface area contributed by atoms with Crippen LogP contribution in [0.1, 0.15) is 32.8 Å². The molecule has 1 amide bonds. The first-order chi connectivity index (χ1) is 13.7. The Morgan fingerprint density at radius 2 is 1.69 bits per heavy atom. The Hall–Kier alpha value is -3.08. The largest absolute Gasteiger partial charge is 0.497 e. The molecule has 1 heterocycles. The summed E-state index contributed by atoms with van der Waals surface area (Å²) in [6.07, 6.45) is 0.220. The van der Waals surface area contributed by atoms with Crippen LogP contribution in [0.4, 0.5) is 5.69 Å². The number of amides is 1. The van der Waals surface area contributed by atoms with E-state index in [1.54, 1.807) is 69.2 Å². The SMILES string of the molecule is C=C1CN(c2ccc(OC)cc2)C(=O)[C@@](C(=O)OC(C)(C)C)(c2ccccc2)C1. The molecule has 5 heteroatoms. The number of ether oxygens (including phenoxy) is 2. The molecule has 0 aromatic heterocycles. The molecule has 0 radical (unpaired) electrons. The van der Waals surface area contributed by atoms with E-state index in [1.807, 2.05) is 18.2 Å². The molecule has 1 aliphatic heterocycles. The fourth-order valence-corrected chi connectivity index (χ4v) is 3.59. The van der Waals surface area contributed by atoms with Gasteiger partial charge in [0.2, 0.25) is 5.91 Å². The lowest BCUT2D eigenvalue weighted by molar-refractivity contribution is -0.165. The molecule has 5 nitrogen and oxygen atoms in total. The van der Waals surface area contributed by atoms with Crippen LogP contribution in [-0.2, 0) is 19.7 Å². The van der Waals surface area contributed by atoms with Crippen molar-refractivity contribution >= 4 is 17.6 Å². The first kappa shape index (κ1) is 20.6. The molecule has 29 heavy (non-hydrogen) atoms. The quantitative estimate of drug-likeness (QED) is 0.442. The van der Waals surface area contributed by atoms with Gasteiger partial charge in [-0.25, -0.2) is 0 Å². The minimum absolute atomic E-state index is 0.220. The van der Waals surface area contributed by atoms with Crippen LogP contribution >= 0.6 is 0 Å². The van der Waals surface area contributed by atoms with Gasteiger partial charge in [0.05, 0.1) is 7.11 Å². The molecule has 1 saturated heterocycles. The number of nitrogens with zero attached hydrogens (tertiary/aromatic N) is 1. The zero-order valence-electron chi connectivity index (χ0n) is 17.4. The Kier molecular flexibility index (Phi) is 5.51. The highest BCUT2D eigenvalue weighted by atomic mass is 16.6. The lowest BCUT2D eigenvalue weighted by atomic mass is 9.71. The van der Waals surface area contributed by atoms with Crippen LogP contribution in [0, 0.1) is 0 Å². The molecule has 0 N–H and O–H groups in total. The summed E-state index contributed by atoms with van der Waals surface area (Å²) < 4.78 is 10.9. The molecule has 0 spiro atoms. The van der Waals surface area contributed by atoms with Crippen molar-refractivity contribution in [2.75, 3.05) is 18.6 Å². The second-order valence-corrected chi connectivity index (χ2v) is 8.29. The third kappa shape index (κ3) is 4.04. The van der Waals surface area contributed by atoms with Gasteiger partial charge in [-0.05, 0) is 57.0 Å². The van der Waals surface area contributed by atoms with Gasteiger partial charge in [0.25, 0.3) is 0 Å². The molecule has 152 valence electrons. The van der Waals surface area contributed by atoms with Crippen LogP contribution in [0.15, 0.2) is 66.7 Å². The second kappa shape index (κ2) is 7.74. The van der Waals surface area contributed by atoms with Gasteiger partial charge in [0.1, 0.15) is 11.4 Å².